The molecule has 1 aromatic heterocycles. The van der Waals surface area contributed by atoms with E-state index in [0.29, 0.717) is 5.01 Å². The molecule has 102 valence electrons. The van der Waals surface area contributed by atoms with Gasteiger partial charge in [-0.2, -0.15) is 0 Å². The predicted molar refractivity (Wildman–Crippen MR) is 81.7 cm³/mol. The number of nitrogens with one attached hydrogen (secondary N) is 1. The van der Waals surface area contributed by atoms with Gasteiger partial charge in [-0.3, -0.25) is 9.79 Å². The number of ketones is 1. The van der Waals surface area contributed by atoms with E-state index in [4.69, 9.17) is 0 Å². The third kappa shape index (κ3) is 2.36. The molecule has 0 unspecified atom stereocenters. The average Bonchev–Trinajstić information content (AvgIpc) is 3.08. The molecule has 4 nitrogen and oxygen atoms in total. The lowest BCUT2D eigenvalue weighted by molar-refractivity contribution is 0.101. The smallest absolute Gasteiger partial charge is 0.188 e. The van der Waals surface area contributed by atoms with Gasteiger partial charge in [0.25, 0.3) is 0 Å². The first-order valence-electron chi connectivity index (χ1n) is 6.52. The standard InChI is InChI=1S/C15H15N3OS/c1-9-3-5-11(6-4-9)13-12(14-16-7-8-17-14)18-15(20-13)10(2)19/h3-6H,7-8H2,1-2H3,(H,16,17). The molecule has 0 atom stereocenters. The van der Waals surface area contributed by atoms with Crippen molar-refractivity contribution in [3.63, 3.8) is 0 Å². The maximum absolute atomic E-state index is 11.6. The number of hydrogen-bond donors (Lipinski definition) is 1. The zero-order valence-corrected chi connectivity index (χ0v) is 12.3. The summed E-state index contributed by atoms with van der Waals surface area (Å²) < 4.78 is 0. The Morgan fingerprint density at radius 1 is 1.30 bits per heavy atom. The Morgan fingerprint density at radius 2 is 2.05 bits per heavy atom. The molecule has 0 saturated carbocycles. The Labute approximate surface area is 121 Å². The fourth-order valence-corrected chi connectivity index (χ4v) is 3.06. The highest BCUT2D eigenvalue weighted by molar-refractivity contribution is 7.17. The summed E-state index contributed by atoms with van der Waals surface area (Å²) in [5.74, 6) is 0.789. The summed E-state index contributed by atoms with van der Waals surface area (Å²) >= 11 is 1.43. The molecule has 0 bridgehead atoms. The average molecular weight is 285 g/mol. The number of nitrogens with zero attached hydrogens (tertiary/aromatic N) is 2. The minimum atomic E-state index is -0.00629. The highest BCUT2D eigenvalue weighted by Crippen LogP contribution is 2.31. The normalized spacial score (nSPS) is 14.0. The Hall–Kier alpha value is -2.01. The van der Waals surface area contributed by atoms with Crippen LogP contribution in [0.25, 0.3) is 10.4 Å². The summed E-state index contributed by atoms with van der Waals surface area (Å²) in [6, 6.07) is 8.25. The maximum atomic E-state index is 11.6. The molecule has 5 heteroatoms. The van der Waals surface area contributed by atoms with Crippen LogP contribution < -0.4 is 5.32 Å². The number of aliphatic imine (C=N–C) groups is 1. The number of rotatable bonds is 3. The van der Waals surface area contributed by atoms with Crippen LogP contribution >= 0.6 is 11.3 Å². The first kappa shape index (κ1) is 13.0. The number of aromatic nitrogens is 1. The number of carbonyl (C=O) groups is 1. The second kappa shape index (κ2) is 5.17. The largest absolute Gasteiger partial charge is 0.367 e. The van der Waals surface area contributed by atoms with Gasteiger partial charge >= 0.3 is 0 Å². The lowest BCUT2D eigenvalue weighted by Gasteiger charge is -2.03. The van der Waals surface area contributed by atoms with Crippen LogP contribution in [0.2, 0.25) is 0 Å². The number of aryl methyl sites for hydroxylation is 1. The third-order valence-electron chi connectivity index (χ3n) is 3.14. The van der Waals surface area contributed by atoms with Crippen LogP contribution in [0.3, 0.4) is 0 Å². The van der Waals surface area contributed by atoms with Gasteiger partial charge in [0.05, 0.1) is 11.4 Å². The van der Waals surface area contributed by atoms with Crippen molar-refractivity contribution in [3.05, 3.63) is 40.5 Å². The van der Waals surface area contributed by atoms with Crippen LogP contribution in [0.1, 0.15) is 28.0 Å². The summed E-state index contributed by atoms with van der Waals surface area (Å²) in [5.41, 5.74) is 3.08. The molecule has 2 heterocycles. The van der Waals surface area contributed by atoms with Crippen molar-refractivity contribution in [2.45, 2.75) is 13.8 Å². The van der Waals surface area contributed by atoms with E-state index in [2.05, 4.69) is 46.5 Å². The summed E-state index contributed by atoms with van der Waals surface area (Å²) in [6.07, 6.45) is 0. The van der Waals surface area contributed by atoms with E-state index in [9.17, 15) is 4.79 Å². The minimum Gasteiger partial charge on any atom is -0.367 e. The molecule has 3 rings (SSSR count). The Balaban J connectivity index is 2.12. The molecule has 0 spiro atoms. The molecule has 1 aliphatic rings. The van der Waals surface area contributed by atoms with E-state index in [1.165, 1.54) is 16.9 Å². The quantitative estimate of drug-likeness (QED) is 0.882. The summed E-state index contributed by atoms with van der Waals surface area (Å²) in [5, 5.41) is 3.76. The molecule has 1 N–H and O–H groups in total. The SMILES string of the molecule is CC(=O)c1nc(C2=NCCN2)c(-c2ccc(C)cc2)s1. The van der Waals surface area contributed by atoms with Gasteiger partial charge < -0.3 is 5.32 Å². The van der Waals surface area contributed by atoms with Crippen molar-refractivity contribution in [1.82, 2.24) is 10.3 Å². The van der Waals surface area contributed by atoms with E-state index in [-0.39, 0.29) is 5.78 Å². The molecule has 20 heavy (non-hydrogen) atoms. The summed E-state index contributed by atoms with van der Waals surface area (Å²) in [7, 11) is 0. The van der Waals surface area contributed by atoms with Gasteiger partial charge in [0.2, 0.25) is 0 Å². The fraction of sp³-hybridized carbons (Fsp3) is 0.267. The van der Waals surface area contributed by atoms with Crippen molar-refractivity contribution in [3.8, 4) is 10.4 Å². The van der Waals surface area contributed by atoms with Crippen LogP contribution in [0.5, 0.6) is 0 Å². The third-order valence-corrected chi connectivity index (χ3v) is 4.35. The molecule has 0 radical (unpaired) electrons. The molecular formula is C15H15N3OS. The summed E-state index contributed by atoms with van der Waals surface area (Å²) in [4.78, 5) is 21.5. The Kier molecular flexibility index (Phi) is 3.36. The van der Waals surface area contributed by atoms with Gasteiger partial charge in [0.15, 0.2) is 10.8 Å². The van der Waals surface area contributed by atoms with Crippen molar-refractivity contribution in [2.24, 2.45) is 4.99 Å². The van der Waals surface area contributed by atoms with E-state index in [0.717, 1.165) is 35.1 Å². The van der Waals surface area contributed by atoms with E-state index < -0.39 is 0 Å². The molecule has 0 aliphatic carbocycles. The second-order valence-electron chi connectivity index (χ2n) is 4.78. The molecule has 1 aliphatic heterocycles. The van der Waals surface area contributed by atoms with Crippen LogP contribution in [-0.2, 0) is 0 Å². The van der Waals surface area contributed by atoms with Crippen molar-refractivity contribution in [2.75, 3.05) is 13.1 Å². The topological polar surface area (TPSA) is 54.4 Å². The van der Waals surface area contributed by atoms with Gasteiger partial charge in [0.1, 0.15) is 11.5 Å². The first-order valence-corrected chi connectivity index (χ1v) is 7.34. The Morgan fingerprint density at radius 3 is 2.65 bits per heavy atom. The first-order chi connectivity index (χ1) is 9.65. The molecule has 1 aromatic carbocycles. The van der Waals surface area contributed by atoms with E-state index in [1.807, 2.05) is 0 Å². The van der Waals surface area contributed by atoms with Gasteiger partial charge in [0, 0.05) is 13.5 Å². The number of thiazole rings is 1. The molecule has 2 aromatic rings. The number of carbonyl (C=O) groups excluding carboxylic acids is 1. The van der Waals surface area contributed by atoms with Crippen LogP contribution in [0.4, 0.5) is 0 Å². The van der Waals surface area contributed by atoms with Crippen molar-refractivity contribution in [1.29, 1.82) is 0 Å². The lowest BCUT2D eigenvalue weighted by atomic mass is 10.1. The Bertz CT molecular complexity index is 686. The molecule has 0 fully saturated rings. The fourth-order valence-electron chi connectivity index (χ4n) is 2.09. The van der Waals surface area contributed by atoms with Gasteiger partial charge in [-0.15, -0.1) is 11.3 Å². The van der Waals surface area contributed by atoms with Crippen LogP contribution in [0, 0.1) is 6.92 Å². The van der Waals surface area contributed by atoms with Crippen molar-refractivity contribution < 1.29 is 4.79 Å². The summed E-state index contributed by atoms with van der Waals surface area (Å²) in [6.45, 7) is 5.19. The molecular weight excluding hydrogens is 270 g/mol. The highest BCUT2D eigenvalue weighted by atomic mass is 32.1. The van der Waals surface area contributed by atoms with E-state index in [1.54, 1.807) is 6.92 Å². The van der Waals surface area contributed by atoms with Gasteiger partial charge in [-0.1, -0.05) is 29.8 Å². The highest BCUT2D eigenvalue weighted by Gasteiger charge is 2.21. The minimum absolute atomic E-state index is 0.00629. The number of hydrogen-bond acceptors (Lipinski definition) is 5. The van der Waals surface area contributed by atoms with Crippen LogP contribution in [0.15, 0.2) is 29.3 Å². The van der Waals surface area contributed by atoms with Crippen LogP contribution in [-0.4, -0.2) is 29.7 Å². The van der Waals surface area contributed by atoms with Gasteiger partial charge in [-0.05, 0) is 12.5 Å². The molecule has 0 saturated heterocycles. The van der Waals surface area contributed by atoms with Gasteiger partial charge in [-0.25, -0.2) is 4.98 Å². The number of benzene rings is 1. The predicted octanol–water partition coefficient (Wildman–Crippen LogP) is 2.67. The monoisotopic (exact) mass is 285 g/mol. The van der Waals surface area contributed by atoms with E-state index >= 15 is 0 Å². The van der Waals surface area contributed by atoms with Crippen molar-refractivity contribution >= 4 is 23.0 Å². The molecule has 0 amide bonds. The number of Topliss-reactive ketones (excluding diaryl/α,β-unsaturated/α-hetero) is 1. The lowest BCUT2D eigenvalue weighted by Crippen LogP contribution is -2.20. The zero-order chi connectivity index (χ0) is 14.1. The second-order valence-corrected chi connectivity index (χ2v) is 5.78. The number of amidine groups is 1. The zero-order valence-electron chi connectivity index (χ0n) is 11.4. The maximum Gasteiger partial charge on any atom is 0.188 e.